The quantitative estimate of drug-likeness (QED) is 0.527. The van der Waals surface area contributed by atoms with Crippen molar-refractivity contribution >= 4 is 43.8 Å². The summed E-state index contributed by atoms with van der Waals surface area (Å²) < 4.78 is 39.2. The molecule has 1 fully saturated rings. The lowest BCUT2D eigenvalue weighted by atomic mass is 10.1. The van der Waals surface area contributed by atoms with Gasteiger partial charge >= 0.3 is 6.18 Å². The van der Waals surface area contributed by atoms with Crippen molar-refractivity contribution in [2.45, 2.75) is 18.6 Å². The number of anilines is 3. The van der Waals surface area contributed by atoms with Gasteiger partial charge in [-0.25, -0.2) is 0 Å². The molecule has 1 saturated heterocycles. The van der Waals surface area contributed by atoms with Gasteiger partial charge in [0, 0.05) is 46.6 Å². The van der Waals surface area contributed by atoms with Crippen molar-refractivity contribution in [3.05, 3.63) is 63.0 Å². The summed E-state index contributed by atoms with van der Waals surface area (Å²) in [4.78, 5) is 17.3. The van der Waals surface area contributed by atoms with Gasteiger partial charge in [-0.05, 0) is 58.7 Å². The molecule has 29 heavy (non-hydrogen) atoms. The SMILES string of the molecule is N[C@H]1CCN(c2cc(Nc3ccc(C(F)(F)F)cc3)c3c(=O)[nH]cc(Br)c3c2)C1. The van der Waals surface area contributed by atoms with Gasteiger partial charge in [0.15, 0.2) is 0 Å². The molecule has 5 nitrogen and oxygen atoms in total. The van der Waals surface area contributed by atoms with Crippen LogP contribution in [0.1, 0.15) is 12.0 Å². The summed E-state index contributed by atoms with van der Waals surface area (Å²) in [5.41, 5.74) is 6.87. The molecule has 0 aliphatic carbocycles. The molecule has 2 heterocycles. The fraction of sp³-hybridized carbons (Fsp3) is 0.250. The van der Waals surface area contributed by atoms with Gasteiger partial charge in [-0.1, -0.05) is 0 Å². The van der Waals surface area contributed by atoms with Crippen molar-refractivity contribution in [1.82, 2.24) is 4.98 Å². The van der Waals surface area contributed by atoms with Crippen LogP contribution in [0.15, 0.2) is 51.9 Å². The lowest BCUT2D eigenvalue weighted by molar-refractivity contribution is -0.137. The molecular weight excluding hydrogens is 449 g/mol. The van der Waals surface area contributed by atoms with Gasteiger partial charge in [-0.3, -0.25) is 4.79 Å². The number of aromatic amines is 1. The van der Waals surface area contributed by atoms with Gasteiger partial charge in [0.2, 0.25) is 0 Å². The first-order chi connectivity index (χ1) is 13.7. The van der Waals surface area contributed by atoms with E-state index in [2.05, 4.69) is 31.1 Å². The van der Waals surface area contributed by atoms with Crippen LogP contribution in [-0.4, -0.2) is 24.1 Å². The molecule has 4 rings (SSSR count). The molecule has 3 aromatic rings. The van der Waals surface area contributed by atoms with Gasteiger partial charge < -0.3 is 20.9 Å². The van der Waals surface area contributed by atoms with Crippen molar-refractivity contribution < 1.29 is 13.2 Å². The van der Waals surface area contributed by atoms with Crippen LogP contribution in [0.5, 0.6) is 0 Å². The fourth-order valence-electron chi connectivity index (χ4n) is 3.54. The van der Waals surface area contributed by atoms with Crippen LogP contribution >= 0.6 is 15.9 Å². The first-order valence-electron chi connectivity index (χ1n) is 9.02. The molecule has 9 heteroatoms. The highest BCUT2D eigenvalue weighted by molar-refractivity contribution is 9.10. The number of nitrogens with one attached hydrogen (secondary N) is 2. The Labute approximate surface area is 172 Å². The topological polar surface area (TPSA) is 74.2 Å². The Kier molecular flexibility index (Phi) is 5.04. The van der Waals surface area contributed by atoms with Crippen LogP contribution < -0.4 is 21.5 Å². The number of pyridine rings is 1. The molecule has 152 valence electrons. The summed E-state index contributed by atoms with van der Waals surface area (Å²) in [7, 11) is 0. The molecule has 0 spiro atoms. The second-order valence-electron chi connectivity index (χ2n) is 7.08. The minimum absolute atomic E-state index is 0.0830. The van der Waals surface area contributed by atoms with Crippen LogP contribution in [0.3, 0.4) is 0 Å². The maximum absolute atomic E-state index is 12.8. The standard InChI is InChI=1S/C20H18BrF3N4O/c21-16-9-26-19(29)18-15(16)7-14(28-6-5-12(25)10-28)8-17(18)27-13-3-1-11(2-4-13)20(22,23)24/h1-4,7-9,12,27H,5-6,10,25H2,(H,26,29)/t12-/m0/s1. The van der Waals surface area contributed by atoms with E-state index in [9.17, 15) is 18.0 Å². The Bertz CT molecular complexity index is 1110. The lowest BCUT2D eigenvalue weighted by Gasteiger charge is -2.21. The average Bonchev–Trinajstić information content (AvgIpc) is 3.10. The summed E-state index contributed by atoms with van der Waals surface area (Å²) in [6.07, 6.45) is -1.95. The van der Waals surface area contributed by atoms with Crippen LogP contribution in [0.4, 0.5) is 30.2 Å². The number of hydrogen-bond acceptors (Lipinski definition) is 4. The molecule has 2 aromatic carbocycles. The Morgan fingerprint density at radius 3 is 2.55 bits per heavy atom. The second-order valence-corrected chi connectivity index (χ2v) is 7.93. The van der Waals surface area contributed by atoms with E-state index in [0.29, 0.717) is 33.2 Å². The van der Waals surface area contributed by atoms with Gasteiger partial charge in [0.05, 0.1) is 16.6 Å². The number of nitrogens with zero attached hydrogens (tertiary/aromatic N) is 1. The smallest absolute Gasteiger partial charge is 0.370 e. The number of fused-ring (bicyclic) bond motifs is 1. The molecule has 0 bridgehead atoms. The van der Waals surface area contributed by atoms with Crippen LogP contribution in [0, 0.1) is 0 Å². The molecule has 0 saturated carbocycles. The monoisotopic (exact) mass is 466 g/mol. The minimum Gasteiger partial charge on any atom is -0.370 e. The molecule has 4 N–H and O–H groups in total. The number of aromatic nitrogens is 1. The van der Waals surface area contributed by atoms with Gasteiger partial charge in [-0.15, -0.1) is 0 Å². The third-order valence-corrected chi connectivity index (χ3v) is 5.67. The summed E-state index contributed by atoms with van der Waals surface area (Å²) in [5.74, 6) is 0. The number of nitrogens with two attached hydrogens (primary N) is 1. The zero-order chi connectivity index (χ0) is 20.8. The lowest BCUT2D eigenvalue weighted by Crippen LogP contribution is -2.26. The highest BCUT2D eigenvalue weighted by Crippen LogP contribution is 2.35. The third-order valence-electron chi connectivity index (χ3n) is 5.02. The van der Waals surface area contributed by atoms with Crippen molar-refractivity contribution in [2.24, 2.45) is 5.73 Å². The molecule has 1 aromatic heterocycles. The number of alkyl halides is 3. The van der Waals surface area contributed by atoms with E-state index in [-0.39, 0.29) is 11.6 Å². The number of rotatable bonds is 3. The van der Waals surface area contributed by atoms with E-state index in [0.717, 1.165) is 30.8 Å². The highest BCUT2D eigenvalue weighted by atomic mass is 79.9. The minimum atomic E-state index is -4.40. The number of H-pyrrole nitrogens is 1. The summed E-state index contributed by atoms with van der Waals surface area (Å²) >= 11 is 3.47. The average molecular weight is 467 g/mol. The Morgan fingerprint density at radius 2 is 1.93 bits per heavy atom. The van der Waals surface area contributed by atoms with Crippen molar-refractivity contribution in [3.63, 3.8) is 0 Å². The van der Waals surface area contributed by atoms with Crippen molar-refractivity contribution in [1.29, 1.82) is 0 Å². The van der Waals surface area contributed by atoms with E-state index in [4.69, 9.17) is 5.73 Å². The summed E-state index contributed by atoms with van der Waals surface area (Å²) in [5, 5.41) is 4.23. The van der Waals surface area contributed by atoms with Crippen LogP contribution in [0.2, 0.25) is 0 Å². The zero-order valence-corrected chi connectivity index (χ0v) is 16.8. The first-order valence-corrected chi connectivity index (χ1v) is 9.81. The molecule has 1 aliphatic heterocycles. The van der Waals surface area contributed by atoms with Crippen LogP contribution in [-0.2, 0) is 6.18 Å². The molecule has 0 radical (unpaired) electrons. The third kappa shape index (κ3) is 3.97. The summed E-state index contributed by atoms with van der Waals surface area (Å²) in [6.45, 7) is 1.50. The van der Waals surface area contributed by atoms with Gasteiger partial charge in [-0.2, -0.15) is 13.2 Å². The second kappa shape index (κ2) is 7.38. The highest BCUT2D eigenvalue weighted by Gasteiger charge is 2.30. The first kappa shape index (κ1) is 19.8. The Morgan fingerprint density at radius 1 is 1.21 bits per heavy atom. The Hall–Kier alpha value is -2.52. The van der Waals surface area contributed by atoms with E-state index in [1.165, 1.54) is 12.1 Å². The zero-order valence-electron chi connectivity index (χ0n) is 15.2. The number of benzene rings is 2. The molecular formula is C20H18BrF3N4O. The van der Waals surface area contributed by atoms with Crippen molar-refractivity contribution in [3.8, 4) is 0 Å². The number of halogens is 4. The number of hydrogen-bond donors (Lipinski definition) is 3. The molecule has 1 aliphatic rings. The summed E-state index contributed by atoms with van der Waals surface area (Å²) in [6, 6.07) is 8.55. The molecule has 0 unspecified atom stereocenters. The van der Waals surface area contributed by atoms with E-state index in [1.807, 2.05) is 12.1 Å². The van der Waals surface area contributed by atoms with E-state index in [1.54, 1.807) is 6.20 Å². The maximum Gasteiger partial charge on any atom is 0.416 e. The largest absolute Gasteiger partial charge is 0.416 e. The molecule has 0 amide bonds. The predicted molar refractivity (Wildman–Crippen MR) is 112 cm³/mol. The fourth-order valence-corrected chi connectivity index (χ4v) is 3.97. The predicted octanol–water partition coefficient (Wildman–Crippen LogP) is 4.59. The normalized spacial score (nSPS) is 17.1. The van der Waals surface area contributed by atoms with Gasteiger partial charge in [0.25, 0.3) is 5.56 Å². The Balaban J connectivity index is 1.79. The van der Waals surface area contributed by atoms with Crippen LogP contribution in [0.25, 0.3) is 10.8 Å². The van der Waals surface area contributed by atoms with Crippen molar-refractivity contribution in [2.75, 3.05) is 23.3 Å². The van der Waals surface area contributed by atoms with E-state index < -0.39 is 11.7 Å². The maximum atomic E-state index is 12.8. The molecule has 1 atom stereocenters. The van der Waals surface area contributed by atoms with E-state index >= 15 is 0 Å². The van der Waals surface area contributed by atoms with Gasteiger partial charge in [0.1, 0.15) is 0 Å².